The maximum Gasteiger partial charge on any atom is 0.416 e. The zero-order valence-electron chi connectivity index (χ0n) is 27.9. The molecule has 1 unspecified atom stereocenters. The topological polar surface area (TPSA) is 108 Å². The van der Waals surface area contributed by atoms with Crippen LogP contribution in [0.5, 0.6) is 0 Å². The Hall–Kier alpha value is -2.70. The van der Waals surface area contributed by atoms with Gasteiger partial charge in [-0.3, -0.25) is 9.69 Å². The lowest BCUT2D eigenvalue weighted by molar-refractivity contribution is -0.143. The summed E-state index contributed by atoms with van der Waals surface area (Å²) < 4.78 is 112. The monoisotopic (exact) mass is 713 g/mol. The minimum atomic E-state index is -4.95. The summed E-state index contributed by atoms with van der Waals surface area (Å²) in [7, 11) is 3.13. The molecule has 1 aliphatic carbocycles. The van der Waals surface area contributed by atoms with Crippen LogP contribution in [0.3, 0.4) is 0 Å². The van der Waals surface area contributed by atoms with E-state index < -0.39 is 46.8 Å². The Morgan fingerprint density at radius 2 is 1.51 bits per heavy atom. The van der Waals surface area contributed by atoms with Crippen molar-refractivity contribution in [2.45, 2.75) is 62.1 Å². The van der Waals surface area contributed by atoms with E-state index in [0.717, 1.165) is 0 Å². The number of piperidine rings is 1. The van der Waals surface area contributed by atoms with Crippen LogP contribution in [0.1, 0.15) is 55.4 Å². The molecule has 278 valence electrons. The van der Waals surface area contributed by atoms with Gasteiger partial charge in [-0.05, 0) is 55.9 Å². The van der Waals surface area contributed by atoms with E-state index >= 15 is 0 Å². The highest BCUT2D eigenvalue weighted by atomic mass is 19.4. The van der Waals surface area contributed by atoms with Gasteiger partial charge in [-0.25, -0.2) is 4.79 Å². The number of amides is 2. The second-order valence-corrected chi connectivity index (χ2v) is 12.7. The minimum absolute atomic E-state index is 0.0187. The fraction of sp³-hybridized carbons (Fsp3) is 0.750. The molecule has 1 saturated carbocycles. The molecule has 0 aromatic heterocycles. The predicted molar refractivity (Wildman–Crippen MR) is 161 cm³/mol. The molecular formula is C32H45F6N3O8. The largest absolute Gasteiger partial charge is 0.447 e. The third kappa shape index (κ3) is 10.4. The zero-order chi connectivity index (χ0) is 35.9. The van der Waals surface area contributed by atoms with E-state index in [0.29, 0.717) is 84.0 Å². The molecule has 49 heavy (non-hydrogen) atoms. The molecule has 4 rings (SSSR count). The number of fused-ring (bicyclic) bond motifs is 1. The number of benzene rings is 1. The van der Waals surface area contributed by atoms with Crippen molar-refractivity contribution in [3.8, 4) is 0 Å². The van der Waals surface area contributed by atoms with Crippen molar-refractivity contribution >= 4 is 12.0 Å². The van der Waals surface area contributed by atoms with Crippen molar-refractivity contribution in [1.29, 1.82) is 0 Å². The quantitative estimate of drug-likeness (QED) is 0.172. The van der Waals surface area contributed by atoms with Gasteiger partial charge in [0.25, 0.3) is 0 Å². The van der Waals surface area contributed by atoms with Gasteiger partial charge >= 0.3 is 18.4 Å². The number of ether oxygens (including phenoxy) is 6. The maximum atomic E-state index is 13.3. The van der Waals surface area contributed by atoms with Crippen LogP contribution in [-0.4, -0.2) is 120 Å². The van der Waals surface area contributed by atoms with Crippen LogP contribution in [0.15, 0.2) is 18.2 Å². The van der Waals surface area contributed by atoms with E-state index in [1.54, 1.807) is 12.0 Å². The van der Waals surface area contributed by atoms with Crippen LogP contribution in [0.4, 0.5) is 31.1 Å². The van der Waals surface area contributed by atoms with Gasteiger partial charge < -0.3 is 38.6 Å². The molecule has 3 fully saturated rings. The predicted octanol–water partition coefficient (Wildman–Crippen LogP) is 4.64. The van der Waals surface area contributed by atoms with Crippen LogP contribution < -0.4 is 5.32 Å². The van der Waals surface area contributed by atoms with E-state index in [1.807, 2.05) is 0 Å². The second kappa shape index (κ2) is 16.5. The lowest BCUT2D eigenvalue weighted by atomic mass is 9.85. The van der Waals surface area contributed by atoms with Crippen LogP contribution in [0.25, 0.3) is 0 Å². The van der Waals surface area contributed by atoms with Gasteiger partial charge in [0, 0.05) is 32.7 Å². The molecule has 2 aliphatic heterocycles. The van der Waals surface area contributed by atoms with E-state index in [4.69, 9.17) is 28.4 Å². The standard InChI is InChI=1S/C32H45F6N3O8/c1-22(23-14-24(31(33,34)35)16-25(15-23)32(36,37)38)49-20-30-18-26(30)17-29(19-39-30)5-4-27(42)41(29)21-40(2)28(43)48-13-12-47-11-10-46-9-8-45-7-6-44-3/h14-16,22,26,39H,4-13,17-21H2,1-3H3/t22-,26?,29-,30+/m1/s1. The van der Waals surface area contributed by atoms with Crippen molar-refractivity contribution in [3.63, 3.8) is 0 Å². The number of carbonyl (C=O) groups is 2. The summed E-state index contributed by atoms with van der Waals surface area (Å²) in [6.07, 6.45) is -9.37. The van der Waals surface area contributed by atoms with Gasteiger partial charge in [-0.1, -0.05) is 0 Å². The molecule has 1 aromatic rings. The third-order valence-corrected chi connectivity index (χ3v) is 9.27. The Bertz CT molecular complexity index is 1240. The van der Waals surface area contributed by atoms with E-state index in [2.05, 4.69) is 5.32 Å². The number of nitrogens with zero attached hydrogens (tertiary/aromatic N) is 2. The number of methoxy groups -OCH3 is 1. The second-order valence-electron chi connectivity index (χ2n) is 12.7. The molecule has 2 saturated heterocycles. The molecule has 17 heteroatoms. The summed E-state index contributed by atoms with van der Waals surface area (Å²) in [5.41, 5.74) is -4.06. The van der Waals surface area contributed by atoms with Gasteiger partial charge in [0.15, 0.2) is 0 Å². The molecule has 0 radical (unpaired) electrons. The van der Waals surface area contributed by atoms with Crippen molar-refractivity contribution in [2.75, 3.05) is 86.8 Å². The normalized spacial score (nSPS) is 24.3. The molecule has 3 aliphatic rings. The van der Waals surface area contributed by atoms with Gasteiger partial charge in [-0.2, -0.15) is 26.3 Å². The first kappa shape index (κ1) is 39.1. The van der Waals surface area contributed by atoms with Gasteiger partial charge in [-0.15, -0.1) is 0 Å². The summed E-state index contributed by atoms with van der Waals surface area (Å²) in [5, 5.41) is 3.46. The lowest BCUT2D eigenvalue weighted by Gasteiger charge is -2.45. The van der Waals surface area contributed by atoms with Gasteiger partial charge in [0.05, 0.1) is 82.3 Å². The number of halogens is 6. The highest BCUT2D eigenvalue weighted by Gasteiger charge is 2.63. The number of alkyl halides is 6. The Morgan fingerprint density at radius 1 is 0.939 bits per heavy atom. The summed E-state index contributed by atoms with van der Waals surface area (Å²) in [6, 6.07) is 1.46. The van der Waals surface area contributed by atoms with E-state index in [9.17, 15) is 35.9 Å². The van der Waals surface area contributed by atoms with Crippen LogP contribution >= 0.6 is 0 Å². The Morgan fingerprint density at radius 3 is 2.06 bits per heavy atom. The molecule has 2 heterocycles. The SMILES string of the molecule is COCCOCCOCCOCCOC(=O)N(C)CN1C(=O)CC[C@@]12CN[C@]1(CO[C@H](C)c3cc(C(F)(F)F)cc(C(F)(F)F)c3)CC1C2. The molecule has 2 amide bonds. The van der Waals surface area contributed by atoms with Gasteiger partial charge in [0.2, 0.25) is 5.91 Å². The fourth-order valence-corrected chi connectivity index (χ4v) is 6.30. The highest BCUT2D eigenvalue weighted by molar-refractivity contribution is 5.80. The Labute approximate surface area is 281 Å². The Balaban J connectivity index is 1.21. The van der Waals surface area contributed by atoms with Gasteiger partial charge in [0.1, 0.15) is 6.61 Å². The van der Waals surface area contributed by atoms with Crippen LogP contribution in [-0.2, 0) is 45.6 Å². The summed E-state index contributed by atoms with van der Waals surface area (Å²) in [6.45, 7) is 4.66. The molecule has 4 atom stereocenters. The zero-order valence-corrected chi connectivity index (χ0v) is 27.9. The smallest absolute Gasteiger partial charge is 0.416 e. The molecule has 1 aromatic carbocycles. The molecule has 1 spiro atoms. The number of carbonyl (C=O) groups excluding carboxylic acids is 2. The van der Waals surface area contributed by atoms with E-state index in [1.165, 1.54) is 18.9 Å². The molecule has 1 N–H and O–H groups in total. The fourth-order valence-electron chi connectivity index (χ4n) is 6.30. The first-order valence-electron chi connectivity index (χ1n) is 16.2. The summed E-state index contributed by atoms with van der Waals surface area (Å²) in [4.78, 5) is 28.6. The third-order valence-electron chi connectivity index (χ3n) is 9.27. The average Bonchev–Trinajstić information content (AvgIpc) is 3.69. The number of rotatable bonds is 18. The van der Waals surface area contributed by atoms with Crippen molar-refractivity contribution in [2.24, 2.45) is 5.92 Å². The maximum absolute atomic E-state index is 13.3. The Kier molecular flexibility index (Phi) is 13.2. The first-order chi connectivity index (χ1) is 23.1. The minimum Gasteiger partial charge on any atom is -0.447 e. The number of likely N-dealkylation sites (tertiary alicyclic amines) is 1. The highest BCUT2D eigenvalue weighted by Crippen LogP contribution is 2.55. The molecule has 11 nitrogen and oxygen atoms in total. The number of hydrogen-bond donors (Lipinski definition) is 1. The lowest BCUT2D eigenvalue weighted by Crippen LogP contribution is -2.61. The summed E-state index contributed by atoms with van der Waals surface area (Å²) in [5.74, 6) is -0.0346. The van der Waals surface area contributed by atoms with Crippen molar-refractivity contribution in [3.05, 3.63) is 34.9 Å². The van der Waals surface area contributed by atoms with Crippen LogP contribution in [0.2, 0.25) is 0 Å². The number of nitrogens with one attached hydrogen (secondary N) is 1. The van der Waals surface area contributed by atoms with Crippen molar-refractivity contribution in [1.82, 2.24) is 15.1 Å². The molecular weight excluding hydrogens is 668 g/mol. The molecule has 0 bridgehead atoms. The average molecular weight is 714 g/mol. The summed E-state index contributed by atoms with van der Waals surface area (Å²) >= 11 is 0. The number of hydrogen-bond acceptors (Lipinski definition) is 9. The van der Waals surface area contributed by atoms with Crippen LogP contribution in [0, 0.1) is 5.92 Å². The van der Waals surface area contributed by atoms with Crippen molar-refractivity contribution < 1.29 is 64.4 Å². The van der Waals surface area contributed by atoms with E-state index in [-0.39, 0.29) is 49.9 Å². The first-order valence-corrected chi connectivity index (χ1v) is 16.2.